The van der Waals surface area contributed by atoms with Crippen molar-refractivity contribution in [2.24, 2.45) is 5.73 Å². The van der Waals surface area contributed by atoms with Crippen LogP contribution in [0.25, 0.3) is 0 Å². The minimum atomic E-state index is -0.486. The highest BCUT2D eigenvalue weighted by Gasteiger charge is 2.15. The maximum absolute atomic E-state index is 13.3. The maximum Gasteiger partial charge on any atom is 0.124 e. The quantitative estimate of drug-likeness (QED) is 0.948. The summed E-state index contributed by atoms with van der Waals surface area (Å²) >= 11 is 3.33. The molecular formula is C13H12BrFN2O. The van der Waals surface area contributed by atoms with Crippen molar-refractivity contribution >= 4 is 15.9 Å². The SMILES string of the molecule is COc1ccc(F)cc1C(N)c1cncc(Br)c1. The second-order valence-electron chi connectivity index (χ2n) is 3.80. The van der Waals surface area contributed by atoms with E-state index in [9.17, 15) is 4.39 Å². The van der Waals surface area contributed by atoms with Gasteiger partial charge in [0.25, 0.3) is 0 Å². The van der Waals surface area contributed by atoms with Crippen LogP contribution in [0.3, 0.4) is 0 Å². The molecule has 18 heavy (non-hydrogen) atoms. The fourth-order valence-corrected chi connectivity index (χ4v) is 2.11. The Labute approximate surface area is 113 Å². The van der Waals surface area contributed by atoms with Crippen molar-refractivity contribution in [2.75, 3.05) is 7.11 Å². The first-order chi connectivity index (χ1) is 8.61. The van der Waals surface area contributed by atoms with Gasteiger partial charge in [-0.05, 0) is 45.8 Å². The number of aromatic nitrogens is 1. The van der Waals surface area contributed by atoms with Gasteiger partial charge < -0.3 is 10.5 Å². The molecule has 2 aromatic rings. The zero-order valence-electron chi connectivity index (χ0n) is 9.73. The number of nitrogens with two attached hydrogens (primary N) is 1. The van der Waals surface area contributed by atoms with Crippen LogP contribution in [0.1, 0.15) is 17.2 Å². The monoisotopic (exact) mass is 310 g/mol. The standard InChI is InChI=1S/C13H12BrFN2O/c1-18-12-3-2-10(15)5-11(12)13(16)8-4-9(14)7-17-6-8/h2-7,13H,16H2,1H3. The zero-order chi connectivity index (χ0) is 13.1. The van der Waals surface area contributed by atoms with E-state index in [1.807, 2.05) is 6.07 Å². The number of ether oxygens (including phenoxy) is 1. The average molecular weight is 311 g/mol. The molecule has 1 aromatic carbocycles. The molecule has 0 saturated carbocycles. The summed E-state index contributed by atoms with van der Waals surface area (Å²) in [6.45, 7) is 0. The molecule has 1 atom stereocenters. The van der Waals surface area contributed by atoms with E-state index in [1.54, 1.807) is 18.5 Å². The third-order valence-electron chi connectivity index (χ3n) is 2.61. The Bertz CT molecular complexity index is 562. The third kappa shape index (κ3) is 2.68. The van der Waals surface area contributed by atoms with Gasteiger partial charge in [-0.3, -0.25) is 4.98 Å². The summed E-state index contributed by atoms with van der Waals surface area (Å²) in [7, 11) is 1.53. The van der Waals surface area contributed by atoms with Crippen LogP contribution in [-0.2, 0) is 0 Å². The summed E-state index contributed by atoms with van der Waals surface area (Å²) in [5.74, 6) is 0.216. The van der Waals surface area contributed by atoms with Gasteiger partial charge in [-0.1, -0.05) is 0 Å². The Kier molecular flexibility index (Phi) is 3.93. The second kappa shape index (κ2) is 5.46. The predicted octanol–water partition coefficient (Wildman–Crippen LogP) is 3.04. The Morgan fingerprint density at radius 1 is 1.33 bits per heavy atom. The van der Waals surface area contributed by atoms with Gasteiger partial charge in [0, 0.05) is 22.4 Å². The topological polar surface area (TPSA) is 48.1 Å². The summed E-state index contributed by atoms with van der Waals surface area (Å²) in [5, 5.41) is 0. The van der Waals surface area contributed by atoms with Crippen molar-refractivity contribution < 1.29 is 9.13 Å². The molecule has 2 rings (SSSR count). The summed E-state index contributed by atoms with van der Waals surface area (Å²) in [4.78, 5) is 4.05. The smallest absolute Gasteiger partial charge is 0.124 e. The largest absolute Gasteiger partial charge is 0.496 e. The Hall–Kier alpha value is -1.46. The predicted molar refractivity (Wildman–Crippen MR) is 70.9 cm³/mol. The minimum Gasteiger partial charge on any atom is -0.496 e. The molecule has 0 aliphatic heterocycles. The third-order valence-corrected chi connectivity index (χ3v) is 3.05. The van der Waals surface area contributed by atoms with E-state index < -0.39 is 6.04 Å². The van der Waals surface area contributed by atoms with Crippen molar-refractivity contribution in [1.29, 1.82) is 0 Å². The second-order valence-corrected chi connectivity index (χ2v) is 4.72. The first-order valence-electron chi connectivity index (χ1n) is 5.31. The molecule has 2 N–H and O–H groups in total. The molecule has 5 heteroatoms. The summed E-state index contributed by atoms with van der Waals surface area (Å²) in [6, 6.07) is 5.65. The highest BCUT2D eigenvalue weighted by atomic mass is 79.9. The van der Waals surface area contributed by atoms with Crippen LogP contribution in [0.4, 0.5) is 4.39 Å². The van der Waals surface area contributed by atoms with Gasteiger partial charge in [0.2, 0.25) is 0 Å². The average Bonchev–Trinajstić information content (AvgIpc) is 2.38. The molecule has 1 unspecified atom stereocenters. The molecule has 0 amide bonds. The molecule has 1 heterocycles. The Morgan fingerprint density at radius 2 is 2.11 bits per heavy atom. The van der Waals surface area contributed by atoms with E-state index in [4.69, 9.17) is 10.5 Å². The fraction of sp³-hybridized carbons (Fsp3) is 0.154. The van der Waals surface area contributed by atoms with Crippen molar-refractivity contribution in [3.05, 3.63) is 58.1 Å². The van der Waals surface area contributed by atoms with Gasteiger partial charge in [0.15, 0.2) is 0 Å². The van der Waals surface area contributed by atoms with E-state index in [-0.39, 0.29) is 5.82 Å². The van der Waals surface area contributed by atoms with Crippen LogP contribution in [-0.4, -0.2) is 12.1 Å². The van der Waals surface area contributed by atoms with Crippen LogP contribution in [0.5, 0.6) is 5.75 Å². The van der Waals surface area contributed by atoms with E-state index in [0.717, 1.165) is 10.0 Å². The van der Waals surface area contributed by atoms with Gasteiger partial charge in [-0.15, -0.1) is 0 Å². The van der Waals surface area contributed by atoms with Gasteiger partial charge in [-0.2, -0.15) is 0 Å². The van der Waals surface area contributed by atoms with Gasteiger partial charge in [-0.25, -0.2) is 4.39 Å². The maximum atomic E-state index is 13.3. The first-order valence-corrected chi connectivity index (χ1v) is 6.10. The molecule has 3 nitrogen and oxygen atoms in total. The van der Waals surface area contributed by atoms with Crippen LogP contribution in [0.2, 0.25) is 0 Å². The lowest BCUT2D eigenvalue weighted by atomic mass is 10.00. The van der Waals surface area contributed by atoms with Crippen LogP contribution in [0, 0.1) is 5.82 Å². The normalized spacial score (nSPS) is 12.2. The van der Waals surface area contributed by atoms with Gasteiger partial charge >= 0.3 is 0 Å². The van der Waals surface area contributed by atoms with Crippen LogP contribution >= 0.6 is 15.9 Å². The van der Waals surface area contributed by atoms with Gasteiger partial charge in [0.1, 0.15) is 11.6 Å². The molecule has 1 aromatic heterocycles. The van der Waals surface area contributed by atoms with Crippen molar-refractivity contribution in [2.45, 2.75) is 6.04 Å². The van der Waals surface area contributed by atoms with Crippen LogP contribution < -0.4 is 10.5 Å². The highest BCUT2D eigenvalue weighted by Crippen LogP contribution is 2.29. The molecular weight excluding hydrogens is 299 g/mol. The van der Waals surface area contributed by atoms with E-state index in [2.05, 4.69) is 20.9 Å². The van der Waals surface area contributed by atoms with Gasteiger partial charge in [0.05, 0.1) is 13.2 Å². The van der Waals surface area contributed by atoms with E-state index >= 15 is 0 Å². The number of halogens is 2. The molecule has 0 saturated heterocycles. The number of rotatable bonds is 3. The molecule has 0 radical (unpaired) electrons. The highest BCUT2D eigenvalue weighted by molar-refractivity contribution is 9.10. The van der Waals surface area contributed by atoms with E-state index in [1.165, 1.54) is 19.2 Å². The molecule has 0 bridgehead atoms. The molecule has 0 aliphatic carbocycles. The molecule has 0 spiro atoms. The summed E-state index contributed by atoms with van der Waals surface area (Å²) in [6.07, 6.45) is 3.32. The van der Waals surface area contributed by atoms with Crippen molar-refractivity contribution in [3.8, 4) is 5.75 Å². The number of hydrogen-bond acceptors (Lipinski definition) is 3. The fourth-order valence-electron chi connectivity index (χ4n) is 1.73. The zero-order valence-corrected chi connectivity index (χ0v) is 11.3. The lowest BCUT2D eigenvalue weighted by Gasteiger charge is -2.16. The number of pyridine rings is 1. The van der Waals surface area contributed by atoms with Crippen molar-refractivity contribution in [1.82, 2.24) is 4.98 Å². The Balaban J connectivity index is 2.44. The molecule has 0 aliphatic rings. The number of methoxy groups -OCH3 is 1. The van der Waals surface area contributed by atoms with E-state index in [0.29, 0.717) is 11.3 Å². The summed E-state index contributed by atoms with van der Waals surface area (Å²) < 4.78 is 19.3. The molecule has 94 valence electrons. The lowest BCUT2D eigenvalue weighted by Crippen LogP contribution is -2.13. The van der Waals surface area contributed by atoms with Crippen molar-refractivity contribution in [3.63, 3.8) is 0 Å². The Morgan fingerprint density at radius 3 is 2.78 bits per heavy atom. The molecule has 0 fully saturated rings. The minimum absolute atomic E-state index is 0.343. The summed E-state index contributed by atoms with van der Waals surface area (Å²) in [5.41, 5.74) is 7.50. The lowest BCUT2D eigenvalue weighted by molar-refractivity contribution is 0.406. The first kappa shape index (κ1) is 13.0. The number of hydrogen-bond donors (Lipinski definition) is 1. The number of nitrogens with zero attached hydrogens (tertiary/aromatic N) is 1. The number of benzene rings is 1. The van der Waals surface area contributed by atoms with Crippen LogP contribution in [0.15, 0.2) is 41.1 Å².